The molecule has 5 rings (SSSR count). The number of carbonyl (C=O) groups is 1. The fraction of sp³-hybridized carbons (Fsp3) is 0.364. The number of amides is 1. The van der Waals surface area contributed by atoms with Gasteiger partial charge in [0.2, 0.25) is 0 Å². The molecule has 1 saturated heterocycles. The third-order valence-electron chi connectivity index (χ3n) is 5.81. The molecule has 1 fully saturated rings. The van der Waals surface area contributed by atoms with E-state index in [9.17, 15) is 13.6 Å². The standard InChI is InChI=1S/C22H22F2N4O2/c23-22(24)28-17-6-2-1-5-16(17)25-19(28)8-9-27-14-15-4-3-7-18(20(15)21(27)29)26-10-12-30-13-11-26/h1-7,22H,8-14H2. The summed E-state index contributed by atoms with van der Waals surface area (Å²) < 4.78 is 33.7. The highest BCUT2D eigenvalue weighted by Crippen LogP contribution is 2.32. The number of rotatable bonds is 5. The van der Waals surface area contributed by atoms with Crippen molar-refractivity contribution < 1.29 is 18.3 Å². The zero-order chi connectivity index (χ0) is 20.7. The molecule has 0 atom stereocenters. The summed E-state index contributed by atoms with van der Waals surface area (Å²) in [6, 6.07) is 12.8. The second kappa shape index (κ2) is 7.68. The Balaban J connectivity index is 1.38. The maximum atomic E-state index is 13.7. The summed E-state index contributed by atoms with van der Waals surface area (Å²) in [7, 11) is 0. The summed E-state index contributed by atoms with van der Waals surface area (Å²) in [6.45, 7) is 0.945. The Morgan fingerprint density at radius 3 is 2.67 bits per heavy atom. The van der Waals surface area contributed by atoms with Crippen LogP contribution in [-0.2, 0) is 17.7 Å². The van der Waals surface area contributed by atoms with E-state index in [1.165, 1.54) is 0 Å². The van der Waals surface area contributed by atoms with E-state index < -0.39 is 6.55 Å². The van der Waals surface area contributed by atoms with Crippen LogP contribution in [0.15, 0.2) is 42.5 Å². The highest BCUT2D eigenvalue weighted by atomic mass is 19.3. The number of aromatic nitrogens is 2. The van der Waals surface area contributed by atoms with E-state index in [-0.39, 0.29) is 12.3 Å². The Labute approximate surface area is 172 Å². The van der Waals surface area contributed by atoms with Crippen LogP contribution in [-0.4, -0.2) is 53.2 Å². The minimum atomic E-state index is -2.67. The van der Waals surface area contributed by atoms with Gasteiger partial charge in [0.25, 0.3) is 5.91 Å². The SMILES string of the molecule is O=C1c2c(cccc2N2CCOCC2)CN1CCc1nc2ccccc2n1C(F)F. The molecule has 30 heavy (non-hydrogen) atoms. The number of para-hydroxylation sites is 2. The number of ether oxygens (including phenoxy) is 1. The number of fused-ring (bicyclic) bond motifs is 2. The minimum Gasteiger partial charge on any atom is -0.378 e. The first-order chi connectivity index (χ1) is 14.6. The Morgan fingerprint density at radius 2 is 1.87 bits per heavy atom. The Hall–Kier alpha value is -3.00. The fourth-order valence-corrected chi connectivity index (χ4v) is 4.37. The van der Waals surface area contributed by atoms with E-state index in [2.05, 4.69) is 9.88 Å². The highest BCUT2D eigenvalue weighted by Gasteiger charge is 2.32. The van der Waals surface area contributed by atoms with Crippen LogP contribution in [0.4, 0.5) is 14.5 Å². The molecule has 2 aliphatic rings. The van der Waals surface area contributed by atoms with Gasteiger partial charge in [-0.2, -0.15) is 8.78 Å². The fourth-order valence-electron chi connectivity index (χ4n) is 4.37. The molecule has 0 aliphatic carbocycles. The number of hydrogen-bond donors (Lipinski definition) is 0. The van der Waals surface area contributed by atoms with Crippen molar-refractivity contribution in [3.8, 4) is 0 Å². The second-order valence-electron chi connectivity index (χ2n) is 7.55. The van der Waals surface area contributed by atoms with Gasteiger partial charge in [0, 0.05) is 32.6 Å². The van der Waals surface area contributed by atoms with Crippen LogP contribution in [0.5, 0.6) is 0 Å². The molecular formula is C22H22F2N4O2. The minimum absolute atomic E-state index is 0.0493. The maximum absolute atomic E-state index is 13.7. The third-order valence-corrected chi connectivity index (χ3v) is 5.81. The quantitative estimate of drug-likeness (QED) is 0.644. The molecule has 1 amide bonds. The number of halogens is 2. The number of anilines is 1. The average molecular weight is 412 g/mol. The van der Waals surface area contributed by atoms with Crippen LogP contribution in [0.25, 0.3) is 11.0 Å². The molecule has 6 nitrogen and oxygen atoms in total. The van der Waals surface area contributed by atoms with E-state index in [0.29, 0.717) is 43.2 Å². The number of carbonyl (C=O) groups excluding carboxylic acids is 1. The monoisotopic (exact) mass is 412 g/mol. The van der Waals surface area contributed by atoms with Gasteiger partial charge in [-0.3, -0.25) is 9.36 Å². The predicted octanol–water partition coefficient (Wildman–Crippen LogP) is 3.47. The zero-order valence-corrected chi connectivity index (χ0v) is 16.4. The molecule has 0 unspecified atom stereocenters. The smallest absolute Gasteiger partial charge is 0.320 e. The lowest BCUT2D eigenvalue weighted by Crippen LogP contribution is -2.37. The molecule has 156 valence electrons. The molecule has 3 heterocycles. The lowest BCUT2D eigenvalue weighted by atomic mass is 10.1. The van der Waals surface area contributed by atoms with Gasteiger partial charge in [0.15, 0.2) is 0 Å². The van der Waals surface area contributed by atoms with E-state index in [1.807, 2.05) is 18.2 Å². The topological polar surface area (TPSA) is 50.6 Å². The molecule has 2 aromatic carbocycles. The molecule has 8 heteroatoms. The lowest BCUT2D eigenvalue weighted by Gasteiger charge is -2.30. The number of benzene rings is 2. The Bertz CT molecular complexity index is 1090. The summed E-state index contributed by atoms with van der Waals surface area (Å²) in [4.78, 5) is 21.5. The first-order valence-electron chi connectivity index (χ1n) is 10.1. The van der Waals surface area contributed by atoms with Gasteiger partial charge in [-0.25, -0.2) is 4.98 Å². The van der Waals surface area contributed by atoms with Crippen molar-refractivity contribution in [3.05, 3.63) is 59.4 Å². The molecular weight excluding hydrogens is 390 g/mol. The largest absolute Gasteiger partial charge is 0.378 e. The van der Waals surface area contributed by atoms with Crippen LogP contribution >= 0.6 is 0 Å². The molecule has 2 aliphatic heterocycles. The van der Waals surface area contributed by atoms with Gasteiger partial charge in [0.1, 0.15) is 5.82 Å². The average Bonchev–Trinajstić information content (AvgIpc) is 3.30. The van der Waals surface area contributed by atoms with Crippen molar-refractivity contribution in [2.75, 3.05) is 37.7 Å². The van der Waals surface area contributed by atoms with Crippen molar-refractivity contribution in [2.24, 2.45) is 0 Å². The number of imidazole rings is 1. The van der Waals surface area contributed by atoms with Crippen LogP contribution in [0.1, 0.15) is 28.3 Å². The summed E-state index contributed by atoms with van der Waals surface area (Å²) in [6.07, 6.45) is 0.269. The van der Waals surface area contributed by atoms with E-state index in [0.717, 1.165) is 34.5 Å². The van der Waals surface area contributed by atoms with Gasteiger partial charge in [-0.1, -0.05) is 24.3 Å². The first kappa shape index (κ1) is 19.0. The maximum Gasteiger partial charge on any atom is 0.320 e. The van der Waals surface area contributed by atoms with Crippen molar-refractivity contribution in [3.63, 3.8) is 0 Å². The van der Waals surface area contributed by atoms with Gasteiger partial charge in [-0.15, -0.1) is 0 Å². The molecule has 0 bridgehead atoms. The van der Waals surface area contributed by atoms with Gasteiger partial charge in [-0.05, 0) is 23.8 Å². The summed E-state index contributed by atoms with van der Waals surface area (Å²) >= 11 is 0. The van der Waals surface area contributed by atoms with E-state index in [4.69, 9.17) is 4.74 Å². The van der Waals surface area contributed by atoms with Crippen molar-refractivity contribution in [2.45, 2.75) is 19.5 Å². The number of alkyl halides is 2. The Kier molecular flexibility index (Phi) is 4.86. The summed E-state index contributed by atoms with van der Waals surface area (Å²) in [5.74, 6) is 0.246. The van der Waals surface area contributed by atoms with Crippen LogP contribution in [0.2, 0.25) is 0 Å². The number of nitrogens with zero attached hydrogens (tertiary/aromatic N) is 4. The van der Waals surface area contributed by atoms with E-state index in [1.54, 1.807) is 29.2 Å². The number of morpholine rings is 1. The van der Waals surface area contributed by atoms with Crippen molar-refractivity contribution >= 4 is 22.6 Å². The summed E-state index contributed by atoms with van der Waals surface area (Å²) in [5.41, 5.74) is 3.59. The van der Waals surface area contributed by atoms with Crippen molar-refractivity contribution in [1.82, 2.24) is 14.5 Å². The van der Waals surface area contributed by atoms with Crippen LogP contribution < -0.4 is 4.90 Å². The third kappa shape index (κ3) is 3.21. The number of hydrogen-bond acceptors (Lipinski definition) is 4. The van der Waals surface area contributed by atoms with Gasteiger partial charge >= 0.3 is 6.55 Å². The molecule has 1 aromatic heterocycles. The summed E-state index contributed by atoms with van der Waals surface area (Å²) in [5, 5.41) is 0. The van der Waals surface area contributed by atoms with Crippen LogP contribution in [0, 0.1) is 0 Å². The normalized spacial score (nSPS) is 16.7. The van der Waals surface area contributed by atoms with Crippen molar-refractivity contribution in [1.29, 1.82) is 0 Å². The molecule has 0 radical (unpaired) electrons. The molecule has 0 saturated carbocycles. The van der Waals surface area contributed by atoms with Gasteiger partial charge in [0.05, 0.1) is 35.5 Å². The molecule has 0 spiro atoms. The predicted molar refractivity (Wildman–Crippen MR) is 109 cm³/mol. The van der Waals surface area contributed by atoms with Crippen LogP contribution in [0.3, 0.4) is 0 Å². The first-order valence-corrected chi connectivity index (χ1v) is 10.1. The molecule has 0 N–H and O–H groups in total. The molecule has 3 aromatic rings. The zero-order valence-electron chi connectivity index (χ0n) is 16.4. The second-order valence-corrected chi connectivity index (χ2v) is 7.55. The van der Waals surface area contributed by atoms with Gasteiger partial charge < -0.3 is 14.5 Å². The Morgan fingerprint density at radius 1 is 1.07 bits per heavy atom. The lowest BCUT2D eigenvalue weighted by molar-refractivity contribution is 0.0699. The van der Waals surface area contributed by atoms with E-state index >= 15 is 0 Å². The highest BCUT2D eigenvalue weighted by molar-refractivity contribution is 6.03.